The first kappa shape index (κ1) is 11.0. The lowest BCUT2D eigenvalue weighted by Gasteiger charge is -2.08. The zero-order valence-corrected chi connectivity index (χ0v) is 9.25. The predicted molar refractivity (Wildman–Crippen MR) is 62.2 cm³/mol. The van der Waals surface area contributed by atoms with Crippen molar-refractivity contribution in [1.82, 2.24) is 0 Å². The summed E-state index contributed by atoms with van der Waals surface area (Å²) < 4.78 is 18.7. The lowest BCUT2D eigenvalue weighted by atomic mass is 10.2. The van der Waals surface area contributed by atoms with E-state index in [1.165, 1.54) is 6.07 Å². The molecule has 2 aromatic rings. The quantitative estimate of drug-likeness (QED) is 0.781. The molecule has 0 spiro atoms. The molecule has 0 bridgehead atoms. The molecule has 0 atom stereocenters. The highest BCUT2D eigenvalue weighted by molar-refractivity contribution is 6.32. The van der Waals surface area contributed by atoms with E-state index < -0.39 is 5.82 Å². The first-order chi connectivity index (χ1) is 7.77. The van der Waals surface area contributed by atoms with Gasteiger partial charge in [-0.3, -0.25) is 0 Å². The molecule has 3 heteroatoms. The van der Waals surface area contributed by atoms with Gasteiger partial charge in [0, 0.05) is 0 Å². The van der Waals surface area contributed by atoms with Gasteiger partial charge in [-0.1, -0.05) is 48.0 Å². The summed E-state index contributed by atoms with van der Waals surface area (Å²) in [5.74, 6) is -0.337. The summed E-state index contributed by atoms with van der Waals surface area (Å²) in [4.78, 5) is 0. The number of halogens is 2. The molecule has 0 heterocycles. The lowest BCUT2D eigenvalue weighted by Crippen LogP contribution is -1.97. The molecular weight excluding hydrogens is 227 g/mol. The van der Waals surface area contributed by atoms with Crippen molar-refractivity contribution in [2.24, 2.45) is 0 Å². The number of rotatable bonds is 3. The number of hydrogen-bond acceptors (Lipinski definition) is 1. The monoisotopic (exact) mass is 236 g/mol. The zero-order valence-electron chi connectivity index (χ0n) is 8.49. The normalized spacial score (nSPS) is 10.1. The van der Waals surface area contributed by atoms with Crippen molar-refractivity contribution in [3.05, 3.63) is 64.9 Å². The van der Waals surface area contributed by atoms with Crippen molar-refractivity contribution >= 4 is 11.6 Å². The van der Waals surface area contributed by atoms with Crippen LogP contribution in [0.5, 0.6) is 5.75 Å². The molecule has 0 radical (unpaired) electrons. The largest absolute Gasteiger partial charge is 0.484 e. The second-order valence-electron chi connectivity index (χ2n) is 3.33. The molecule has 0 N–H and O–H groups in total. The second-order valence-corrected chi connectivity index (χ2v) is 3.73. The highest BCUT2D eigenvalue weighted by atomic mass is 35.5. The molecule has 0 aliphatic rings. The molecule has 2 aromatic carbocycles. The van der Waals surface area contributed by atoms with E-state index in [1.54, 1.807) is 12.1 Å². The van der Waals surface area contributed by atoms with Gasteiger partial charge in [-0.2, -0.15) is 0 Å². The molecule has 16 heavy (non-hydrogen) atoms. The van der Waals surface area contributed by atoms with E-state index in [-0.39, 0.29) is 10.8 Å². The van der Waals surface area contributed by atoms with E-state index >= 15 is 0 Å². The van der Waals surface area contributed by atoms with Crippen LogP contribution in [0.3, 0.4) is 0 Å². The molecule has 0 saturated heterocycles. The number of hydrogen-bond donors (Lipinski definition) is 0. The Labute approximate surface area is 98.4 Å². The average Bonchev–Trinajstić information content (AvgIpc) is 2.30. The van der Waals surface area contributed by atoms with E-state index in [9.17, 15) is 4.39 Å². The summed E-state index contributed by atoms with van der Waals surface area (Å²) in [5, 5.41) is 0.288. The molecule has 0 unspecified atom stereocenters. The van der Waals surface area contributed by atoms with Crippen LogP contribution < -0.4 is 4.74 Å². The van der Waals surface area contributed by atoms with Crippen molar-refractivity contribution in [3.63, 3.8) is 0 Å². The fraction of sp³-hybridized carbons (Fsp3) is 0.0769. The minimum absolute atomic E-state index is 0.105. The minimum atomic E-state index is -0.441. The van der Waals surface area contributed by atoms with Gasteiger partial charge in [0.05, 0.1) is 5.02 Å². The molecule has 0 aliphatic heterocycles. The van der Waals surface area contributed by atoms with Gasteiger partial charge >= 0.3 is 0 Å². The van der Waals surface area contributed by atoms with E-state index in [1.807, 2.05) is 30.3 Å². The van der Waals surface area contributed by atoms with Gasteiger partial charge in [0.15, 0.2) is 11.6 Å². The fourth-order valence-corrected chi connectivity index (χ4v) is 1.57. The van der Waals surface area contributed by atoms with Crippen LogP contribution in [0.15, 0.2) is 48.5 Å². The van der Waals surface area contributed by atoms with Gasteiger partial charge in [0.2, 0.25) is 0 Å². The Kier molecular flexibility index (Phi) is 3.42. The maximum absolute atomic E-state index is 13.3. The summed E-state index contributed by atoms with van der Waals surface area (Å²) in [5.41, 5.74) is 0.974. The van der Waals surface area contributed by atoms with Gasteiger partial charge in [0.1, 0.15) is 6.61 Å². The van der Waals surface area contributed by atoms with Crippen molar-refractivity contribution < 1.29 is 9.13 Å². The van der Waals surface area contributed by atoms with Crippen LogP contribution >= 0.6 is 11.6 Å². The van der Waals surface area contributed by atoms with Gasteiger partial charge in [-0.25, -0.2) is 4.39 Å². The van der Waals surface area contributed by atoms with E-state index in [2.05, 4.69) is 0 Å². The Balaban J connectivity index is 2.11. The van der Waals surface area contributed by atoms with Crippen LogP contribution in [0.1, 0.15) is 5.56 Å². The number of benzene rings is 2. The van der Waals surface area contributed by atoms with Crippen molar-refractivity contribution in [3.8, 4) is 5.75 Å². The summed E-state index contributed by atoms with van der Waals surface area (Å²) in [6.07, 6.45) is 0. The SMILES string of the molecule is Fc1cccc(Cl)c1OCc1ccccc1. The Morgan fingerprint density at radius 2 is 1.75 bits per heavy atom. The van der Waals surface area contributed by atoms with Crippen LogP contribution in [-0.2, 0) is 6.61 Å². The van der Waals surface area contributed by atoms with Gasteiger partial charge in [-0.15, -0.1) is 0 Å². The van der Waals surface area contributed by atoms with Crippen molar-refractivity contribution in [2.75, 3.05) is 0 Å². The molecule has 0 saturated carbocycles. The summed E-state index contributed by atoms with van der Waals surface area (Å²) in [6.45, 7) is 0.307. The van der Waals surface area contributed by atoms with E-state index in [4.69, 9.17) is 16.3 Å². The van der Waals surface area contributed by atoms with Crippen LogP contribution in [0, 0.1) is 5.82 Å². The Hall–Kier alpha value is -1.54. The summed E-state index contributed by atoms with van der Waals surface area (Å²) in [7, 11) is 0. The summed E-state index contributed by atoms with van der Waals surface area (Å²) >= 11 is 5.83. The molecule has 82 valence electrons. The van der Waals surface area contributed by atoms with Crippen LogP contribution in [0.2, 0.25) is 5.02 Å². The van der Waals surface area contributed by atoms with Crippen molar-refractivity contribution in [1.29, 1.82) is 0 Å². The van der Waals surface area contributed by atoms with Gasteiger partial charge in [0.25, 0.3) is 0 Å². The Bertz CT molecular complexity index is 450. The predicted octanol–water partition coefficient (Wildman–Crippen LogP) is 4.06. The zero-order chi connectivity index (χ0) is 11.4. The third-order valence-electron chi connectivity index (χ3n) is 2.14. The van der Waals surface area contributed by atoms with E-state index in [0.717, 1.165) is 5.56 Å². The molecule has 2 rings (SSSR count). The maximum atomic E-state index is 13.3. The third kappa shape index (κ3) is 2.52. The summed E-state index contributed by atoms with van der Waals surface area (Å²) in [6, 6.07) is 14.0. The first-order valence-corrected chi connectivity index (χ1v) is 5.26. The molecule has 0 amide bonds. The van der Waals surface area contributed by atoms with Crippen LogP contribution in [0.25, 0.3) is 0 Å². The van der Waals surface area contributed by atoms with E-state index in [0.29, 0.717) is 6.61 Å². The lowest BCUT2D eigenvalue weighted by molar-refractivity contribution is 0.290. The molecular formula is C13H10ClFO. The first-order valence-electron chi connectivity index (χ1n) is 4.88. The standard InChI is InChI=1S/C13H10ClFO/c14-11-7-4-8-12(15)13(11)16-9-10-5-2-1-3-6-10/h1-8H,9H2. The third-order valence-corrected chi connectivity index (χ3v) is 2.44. The second kappa shape index (κ2) is 4.99. The molecule has 0 aromatic heterocycles. The highest BCUT2D eigenvalue weighted by Gasteiger charge is 2.07. The van der Waals surface area contributed by atoms with Crippen LogP contribution in [0.4, 0.5) is 4.39 Å². The molecule has 0 fully saturated rings. The Morgan fingerprint density at radius 3 is 2.44 bits per heavy atom. The Morgan fingerprint density at radius 1 is 1.00 bits per heavy atom. The van der Waals surface area contributed by atoms with Gasteiger partial charge in [-0.05, 0) is 17.7 Å². The van der Waals surface area contributed by atoms with Gasteiger partial charge < -0.3 is 4.74 Å². The molecule has 1 nitrogen and oxygen atoms in total. The fourth-order valence-electron chi connectivity index (χ4n) is 1.35. The molecule has 0 aliphatic carbocycles. The maximum Gasteiger partial charge on any atom is 0.174 e. The smallest absolute Gasteiger partial charge is 0.174 e. The average molecular weight is 237 g/mol. The number of para-hydroxylation sites is 1. The number of ether oxygens (including phenoxy) is 1. The minimum Gasteiger partial charge on any atom is -0.484 e. The highest BCUT2D eigenvalue weighted by Crippen LogP contribution is 2.27. The topological polar surface area (TPSA) is 9.23 Å². The van der Waals surface area contributed by atoms with Crippen molar-refractivity contribution in [2.45, 2.75) is 6.61 Å². The van der Waals surface area contributed by atoms with Crippen LogP contribution in [-0.4, -0.2) is 0 Å².